The molecule has 0 aliphatic carbocycles. The molecule has 0 unspecified atom stereocenters. The number of hydrogen-bond acceptors (Lipinski definition) is 4. The Hall–Kier alpha value is -0.230. The molecule has 1 N–H and O–H groups in total. The molecule has 0 aromatic rings. The Morgan fingerprint density at radius 3 is 2.92 bits per heavy atom. The first kappa shape index (κ1) is 9.33. The Bertz CT molecular complexity index is 338. The van der Waals surface area contributed by atoms with Gasteiger partial charge in [-0.15, -0.1) is 0 Å². The Labute approximate surface area is 82.1 Å². The topological polar surface area (TPSA) is 61.2 Å². The van der Waals surface area contributed by atoms with Gasteiger partial charge in [-0.2, -0.15) is 0 Å². The van der Waals surface area contributed by atoms with Crippen molar-refractivity contribution in [2.75, 3.05) is 18.1 Å². The third kappa shape index (κ3) is 1.46. The van der Waals surface area contributed by atoms with Crippen LogP contribution in [-0.2, 0) is 9.84 Å². The fraction of sp³-hybridized carbons (Fsp3) is 0.857. The van der Waals surface area contributed by atoms with Crippen LogP contribution >= 0.6 is 11.8 Å². The average molecular weight is 220 g/mol. The highest BCUT2D eigenvalue weighted by Crippen LogP contribution is 2.36. The first-order valence-electron chi connectivity index (χ1n) is 4.26. The minimum atomic E-state index is -2.83. The van der Waals surface area contributed by atoms with Gasteiger partial charge < -0.3 is 4.90 Å². The molecule has 2 atom stereocenters. The molecule has 74 valence electrons. The summed E-state index contributed by atoms with van der Waals surface area (Å²) >= 11 is 1.40. The van der Waals surface area contributed by atoms with E-state index >= 15 is 0 Å². The number of nitrogens with one attached hydrogen (secondary N) is 1. The third-order valence-corrected chi connectivity index (χ3v) is 5.71. The summed E-state index contributed by atoms with van der Waals surface area (Å²) in [6.07, 6.45) is 0. The third-order valence-electron chi connectivity index (χ3n) is 2.54. The van der Waals surface area contributed by atoms with E-state index in [2.05, 4.69) is 0 Å². The second kappa shape index (κ2) is 2.88. The highest BCUT2D eigenvalue weighted by molar-refractivity contribution is 8.15. The van der Waals surface area contributed by atoms with Gasteiger partial charge in [0.05, 0.1) is 17.5 Å². The summed E-state index contributed by atoms with van der Waals surface area (Å²) in [5.41, 5.74) is 0. The number of fused-ring (bicyclic) bond motifs is 1. The molecule has 0 amide bonds. The molecule has 0 radical (unpaired) electrons. The van der Waals surface area contributed by atoms with E-state index in [0.29, 0.717) is 5.17 Å². The van der Waals surface area contributed by atoms with E-state index in [-0.39, 0.29) is 22.8 Å². The standard InChI is InChI=1S/C7H12N2O2S2/c1-2-9-5-3-13(10,11)4-6(5)12-7(9)8/h5-6,8H,2-4H2,1H3/t5-,6-/m0/s1. The van der Waals surface area contributed by atoms with Crippen molar-refractivity contribution in [1.82, 2.24) is 4.90 Å². The summed E-state index contributed by atoms with van der Waals surface area (Å²) in [4.78, 5) is 1.89. The van der Waals surface area contributed by atoms with Gasteiger partial charge in [-0.05, 0) is 6.92 Å². The lowest BCUT2D eigenvalue weighted by Gasteiger charge is -2.21. The highest BCUT2D eigenvalue weighted by atomic mass is 32.2. The molecule has 6 heteroatoms. The number of sulfone groups is 1. The molecular formula is C7H12N2O2S2. The summed E-state index contributed by atoms with van der Waals surface area (Å²) in [7, 11) is -2.83. The van der Waals surface area contributed by atoms with Gasteiger partial charge in [0.15, 0.2) is 15.0 Å². The largest absolute Gasteiger partial charge is 0.347 e. The summed E-state index contributed by atoms with van der Waals surface area (Å²) in [5, 5.41) is 8.27. The van der Waals surface area contributed by atoms with Crippen molar-refractivity contribution >= 4 is 26.8 Å². The zero-order valence-corrected chi connectivity index (χ0v) is 8.99. The smallest absolute Gasteiger partial charge is 0.157 e. The van der Waals surface area contributed by atoms with Crippen LogP contribution in [0.2, 0.25) is 0 Å². The van der Waals surface area contributed by atoms with E-state index in [0.717, 1.165) is 6.54 Å². The van der Waals surface area contributed by atoms with Crippen LogP contribution in [0, 0.1) is 5.41 Å². The van der Waals surface area contributed by atoms with Gasteiger partial charge in [0, 0.05) is 11.8 Å². The van der Waals surface area contributed by atoms with E-state index in [4.69, 9.17) is 5.41 Å². The van der Waals surface area contributed by atoms with E-state index in [1.54, 1.807) is 0 Å². The number of amidine groups is 1. The molecule has 0 spiro atoms. The van der Waals surface area contributed by atoms with Gasteiger partial charge in [-0.3, -0.25) is 5.41 Å². The molecular weight excluding hydrogens is 208 g/mol. The van der Waals surface area contributed by atoms with Crippen molar-refractivity contribution in [1.29, 1.82) is 5.41 Å². The van der Waals surface area contributed by atoms with Crippen LogP contribution in [0.5, 0.6) is 0 Å². The number of thioether (sulfide) groups is 1. The minimum absolute atomic E-state index is 0.0625. The molecule has 0 aromatic carbocycles. The molecule has 4 nitrogen and oxygen atoms in total. The highest BCUT2D eigenvalue weighted by Gasteiger charge is 2.47. The van der Waals surface area contributed by atoms with Gasteiger partial charge >= 0.3 is 0 Å². The van der Waals surface area contributed by atoms with Gasteiger partial charge in [-0.25, -0.2) is 8.42 Å². The lowest BCUT2D eigenvalue weighted by atomic mass is 10.2. The van der Waals surface area contributed by atoms with Gasteiger partial charge in [0.25, 0.3) is 0 Å². The maximum atomic E-state index is 11.3. The SMILES string of the molecule is CCN1C(=N)S[C@H]2CS(=O)(=O)C[C@@H]21. The molecule has 2 aliphatic heterocycles. The van der Waals surface area contributed by atoms with Crippen LogP contribution in [0.3, 0.4) is 0 Å². The van der Waals surface area contributed by atoms with Crippen LogP contribution in [-0.4, -0.2) is 47.8 Å². The zero-order valence-electron chi connectivity index (χ0n) is 7.36. The number of nitrogens with zero attached hydrogens (tertiary/aromatic N) is 1. The monoisotopic (exact) mass is 220 g/mol. The Morgan fingerprint density at radius 1 is 1.62 bits per heavy atom. The lowest BCUT2D eigenvalue weighted by Crippen LogP contribution is -2.36. The molecule has 0 saturated carbocycles. The Morgan fingerprint density at radius 2 is 2.31 bits per heavy atom. The second-order valence-corrected chi connectivity index (χ2v) is 6.77. The van der Waals surface area contributed by atoms with Crippen LogP contribution in [0.25, 0.3) is 0 Å². The summed E-state index contributed by atoms with van der Waals surface area (Å²) in [6, 6.07) is 0.0625. The van der Waals surface area contributed by atoms with Crippen LogP contribution < -0.4 is 0 Å². The molecule has 2 fully saturated rings. The fourth-order valence-electron chi connectivity index (χ4n) is 1.94. The summed E-state index contributed by atoms with van der Waals surface area (Å²) in [6.45, 7) is 2.70. The molecule has 2 saturated heterocycles. The van der Waals surface area contributed by atoms with Crippen molar-refractivity contribution in [2.24, 2.45) is 0 Å². The van der Waals surface area contributed by atoms with Crippen LogP contribution in [0.1, 0.15) is 6.92 Å². The maximum absolute atomic E-state index is 11.3. The summed E-state index contributed by atoms with van der Waals surface area (Å²) in [5.74, 6) is 0.488. The number of hydrogen-bond donors (Lipinski definition) is 1. The first-order chi connectivity index (χ1) is 6.03. The molecule has 0 bridgehead atoms. The maximum Gasteiger partial charge on any atom is 0.157 e. The zero-order chi connectivity index (χ0) is 9.64. The van der Waals surface area contributed by atoms with Crippen molar-refractivity contribution in [3.8, 4) is 0 Å². The quantitative estimate of drug-likeness (QED) is 0.683. The average Bonchev–Trinajstić information content (AvgIpc) is 2.39. The summed E-state index contributed by atoms with van der Waals surface area (Å²) < 4.78 is 22.6. The lowest BCUT2D eigenvalue weighted by molar-refractivity contribution is 0.373. The molecule has 2 aliphatic rings. The van der Waals surface area contributed by atoms with E-state index in [9.17, 15) is 8.42 Å². The molecule has 2 rings (SSSR count). The van der Waals surface area contributed by atoms with E-state index < -0.39 is 9.84 Å². The Kier molecular flexibility index (Phi) is 2.07. The first-order valence-corrected chi connectivity index (χ1v) is 6.96. The van der Waals surface area contributed by atoms with Crippen molar-refractivity contribution < 1.29 is 8.42 Å². The van der Waals surface area contributed by atoms with Gasteiger partial charge in [-0.1, -0.05) is 11.8 Å². The predicted octanol–water partition coefficient (Wildman–Crippen LogP) is 0.155. The number of rotatable bonds is 1. The van der Waals surface area contributed by atoms with Crippen molar-refractivity contribution in [2.45, 2.75) is 18.2 Å². The predicted molar refractivity (Wildman–Crippen MR) is 53.9 cm³/mol. The molecule has 13 heavy (non-hydrogen) atoms. The fourth-order valence-corrected chi connectivity index (χ4v) is 5.83. The molecule has 0 aromatic heterocycles. The van der Waals surface area contributed by atoms with Crippen LogP contribution in [0.15, 0.2) is 0 Å². The normalized spacial score (nSPS) is 36.7. The Balaban J connectivity index is 2.24. The van der Waals surface area contributed by atoms with Crippen LogP contribution in [0.4, 0.5) is 0 Å². The van der Waals surface area contributed by atoms with Gasteiger partial charge in [0.1, 0.15) is 0 Å². The van der Waals surface area contributed by atoms with Gasteiger partial charge in [0.2, 0.25) is 0 Å². The van der Waals surface area contributed by atoms with Crippen molar-refractivity contribution in [3.63, 3.8) is 0 Å². The molecule has 2 heterocycles. The van der Waals surface area contributed by atoms with Crippen molar-refractivity contribution in [3.05, 3.63) is 0 Å². The van der Waals surface area contributed by atoms with E-state index in [1.165, 1.54) is 11.8 Å². The minimum Gasteiger partial charge on any atom is -0.347 e. The second-order valence-electron chi connectivity index (χ2n) is 3.39. The van der Waals surface area contributed by atoms with E-state index in [1.807, 2.05) is 11.8 Å².